The van der Waals surface area contributed by atoms with Crippen LogP contribution in [0.2, 0.25) is 10.0 Å². The molecule has 1 saturated heterocycles. The lowest BCUT2D eigenvalue weighted by Crippen LogP contribution is -2.33. The van der Waals surface area contributed by atoms with Gasteiger partial charge in [0.2, 0.25) is 0 Å². The number of anilines is 1. The first-order valence-electron chi connectivity index (χ1n) is 7.56. The van der Waals surface area contributed by atoms with Gasteiger partial charge < -0.3 is 10.1 Å². The number of ether oxygens (including phenoxy) is 1. The first-order valence-corrected chi connectivity index (χ1v) is 9.54. The highest BCUT2D eigenvalue weighted by molar-refractivity contribution is 8.26. The summed E-state index contributed by atoms with van der Waals surface area (Å²) in [5, 5.41) is 4.06. The summed E-state index contributed by atoms with van der Waals surface area (Å²) in [4.78, 5) is 14.7. The highest BCUT2D eigenvalue weighted by atomic mass is 35.5. The number of hydrogen-bond donors (Lipinski definition) is 1. The third-order valence-corrected chi connectivity index (χ3v) is 5.76. The molecule has 1 amide bonds. The molecule has 1 heterocycles. The highest BCUT2D eigenvalue weighted by Crippen LogP contribution is 2.33. The highest BCUT2D eigenvalue weighted by Gasteiger charge is 2.31. The average molecular weight is 425 g/mol. The van der Waals surface area contributed by atoms with Gasteiger partial charge in [-0.1, -0.05) is 59.3 Å². The molecule has 0 saturated carbocycles. The molecule has 2 aromatic carbocycles. The van der Waals surface area contributed by atoms with E-state index in [9.17, 15) is 4.79 Å². The number of benzene rings is 2. The molecule has 0 bridgehead atoms. The summed E-state index contributed by atoms with van der Waals surface area (Å²) in [5.41, 5.74) is 1.66. The molecule has 1 fully saturated rings. The molecule has 0 radical (unpaired) electrons. The Labute approximate surface area is 171 Å². The molecule has 0 unspecified atom stereocenters. The minimum absolute atomic E-state index is 0.136. The van der Waals surface area contributed by atoms with Crippen LogP contribution < -0.4 is 10.1 Å². The van der Waals surface area contributed by atoms with Crippen LogP contribution in [0.3, 0.4) is 0 Å². The first kappa shape index (κ1) is 19.0. The Morgan fingerprint density at radius 2 is 1.92 bits per heavy atom. The predicted molar refractivity (Wildman–Crippen MR) is 113 cm³/mol. The Hall–Kier alpha value is -1.73. The molecular weight excluding hydrogens is 411 g/mol. The summed E-state index contributed by atoms with van der Waals surface area (Å²) >= 11 is 18.5. The van der Waals surface area contributed by atoms with Gasteiger partial charge in [-0.25, -0.2) is 0 Å². The Balaban J connectivity index is 1.69. The SMILES string of the molecule is COc1ccc(/C=C2\SC(=S)N(CNc3ccc(Cl)c(Cl)c3)C2=O)cc1. The van der Waals surface area contributed by atoms with Crippen LogP contribution in [-0.4, -0.2) is 28.9 Å². The number of thioether (sulfide) groups is 1. The summed E-state index contributed by atoms with van der Waals surface area (Å²) < 4.78 is 5.64. The lowest BCUT2D eigenvalue weighted by Gasteiger charge is -2.16. The molecule has 0 atom stereocenters. The topological polar surface area (TPSA) is 41.6 Å². The van der Waals surface area contributed by atoms with Gasteiger partial charge >= 0.3 is 0 Å². The largest absolute Gasteiger partial charge is 0.497 e. The van der Waals surface area contributed by atoms with E-state index in [-0.39, 0.29) is 12.6 Å². The molecule has 0 aromatic heterocycles. The Morgan fingerprint density at radius 3 is 2.58 bits per heavy atom. The molecule has 1 aliphatic rings. The van der Waals surface area contributed by atoms with Gasteiger partial charge in [0.15, 0.2) is 0 Å². The van der Waals surface area contributed by atoms with E-state index in [0.29, 0.717) is 19.3 Å². The molecule has 134 valence electrons. The van der Waals surface area contributed by atoms with Crippen LogP contribution >= 0.6 is 47.2 Å². The number of hydrogen-bond acceptors (Lipinski definition) is 5. The third-order valence-electron chi connectivity index (χ3n) is 3.65. The average Bonchev–Trinajstić information content (AvgIpc) is 2.90. The maximum Gasteiger partial charge on any atom is 0.267 e. The van der Waals surface area contributed by atoms with Gasteiger partial charge in [-0.15, -0.1) is 0 Å². The van der Waals surface area contributed by atoms with Crippen molar-refractivity contribution in [2.75, 3.05) is 19.1 Å². The zero-order chi connectivity index (χ0) is 18.7. The van der Waals surface area contributed by atoms with Crippen molar-refractivity contribution in [3.63, 3.8) is 0 Å². The van der Waals surface area contributed by atoms with Gasteiger partial charge in [-0.2, -0.15) is 0 Å². The number of nitrogens with one attached hydrogen (secondary N) is 1. The zero-order valence-electron chi connectivity index (χ0n) is 13.7. The number of amides is 1. The number of carbonyl (C=O) groups is 1. The van der Waals surface area contributed by atoms with E-state index < -0.39 is 0 Å². The number of thiocarbonyl (C=S) groups is 1. The molecule has 26 heavy (non-hydrogen) atoms. The first-order chi connectivity index (χ1) is 12.5. The fraction of sp³-hybridized carbons (Fsp3) is 0.111. The zero-order valence-corrected chi connectivity index (χ0v) is 16.8. The lowest BCUT2D eigenvalue weighted by atomic mass is 10.2. The van der Waals surface area contributed by atoms with E-state index in [2.05, 4.69) is 5.32 Å². The number of nitrogens with zero attached hydrogens (tertiary/aromatic N) is 1. The van der Waals surface area contributed by atoms with Crippen LogP contribution in [0.4, 0.5) is 5.69 Å². The van der Waals surface area contributed by atoms with Crippen molar-refractivity contribution in [1.82, 2.24) is 4.90 Å². The molecule has 1 N–H and O–H groups in total. The van der Waals surface area contributed by atoms with Gasteiger partial charge in [0, 0.05) is 5.69 Å². The molecule has 0 spiro atoms. The van der Waals surface area contributed by atoms with E-state index in [1.165, 1.54) is 16.7 Å². The van der Waals surface area contributed by atoms with E-state index in [1.807, 2.05) is 30.3 Å². The quantitative estimate of drug-likeness (QED) is 0.522. The van der Waals surface area contributed by atoms with Crippen molar-refractivity contribution in [3.05, 3.63) is 63.0 Å². The standard InChI is InChI=1S/C18H14Cl2N2O2S2/c1-24-13-5-2-11(3-6-13)8-16-17(23)22(18(25)26-16)10-21-12-4-7-14(19)15(20)9-12/h2-9,21H,10H2,1H3/b16-8-. The van der Waals surface area contributed by atoms with E-state index >= 15 is 0 Å². The van der Waals surface area contributed by atoms with Crippen LogP contribution in [0.5, 0.6) is 5.75 Å². The Kier molecular flexibility index (Phi) is 6.09. The van der Waals surface area contributed by atoms with Gasteiger partial charge in [0.1, 0.15) is 10.1 Å². The monoisotopic (exact) mass is 424 g/mol. The smallest absolute Gasteiger partial charge is 0.267 e. The van der Waals surface area contributed by atoms with Crippen LogP contribution in [0.1, 0.15) is 5.56 Å². The predicted octanol–water partition coefficient (Wildman–Crippen LogP) is 5.27. The minimum Gasteiger partial charge on any atom is -0.497 e. The summed E-state index contributed by atoms with van der Waals surface area (Å²) in [6.07, 6.45) is 1.82. The van der Waals surface area contributed by atoms with Gasteiger partial charge in [0.05, 0.1) is 28.7 Å². The lowest BCUT2D eigenvalue weighted by molar-refractivity contribution is -0.121. The minimum atomic E-state index is -0.136. The molecule has 2 aromatic rings. The normalized spacial score (nSPS) is 15.7. The fourth-order valence-corrected chi connectivity index (χ4v) is 3.82. The van der Waals surface area contributed by atoms with Crippen LogP contribution in [0.25, 0.3) is 6.08 Å². The summed E-state index contributed by atoms with van der Waals surface area (Å²) in [7, 11) is 1.61. The number of halogens is 2. The Morgan fingerprint density at radius 1 is 1.19 bits per heavy atom. The summed E-state index contributed by atoms with van der Waals surface area (Å²) in [5.74, 6) is 0.629. The maximum absolute atomic E-state index is 12.6. The molecule has 1 aliphatic heterocycles. The molecule has 3 rings (SSSR count). The van der Waals surface area contributed by atoms with Gasteiger partial charge in [-0.05, 0) is 42.0 Å². The third kappa shape index (κ3) is 4.32. The van der Waals surface area contributed by atoms with Crippen LogP contribution in [0, 0.1) is 0 Å². The van der Waals surface area contributed by atoms with Crippen molar-refractivity contribution in [2.45, 2.75) is 0 Å². The number of carbonyl (C=O) groups excluding carboxylic acids is 1. The molecule has 0 aliphatic carbocycles. The van der Waals surface area contributed by atoms with Crippen molar-refractivity contribution in [2.24, 2.45) is 0 Å². The molecule has 8 heteroatoms. The van der Waals surface area contributed by atoms with Crippen molar-refractivity contribution in [1.29, 1.82) is 0 Å². The van der Waals surface area contributed by atoms with Crippen LogP contribution in [-0.2, 0) is 4.79 Å². The van der Waals surface area contributed by atoms with Crippen molar-refractivity contribution < 1.29 is 9.53 Å². The second-order valence-electron chi connectivity index (χ2n) is 5.35. The molecular formula is C18H14Cl2N2O2S2. The Bertz CT molecular complexity index is 885. The van der Waals surface area contributed by atoms with E-state index in [4.69, 9.17) is 40.2 Å². The second kappa shape index (κ2) is 8.31. The summed E-state index contributed by atoms with van der Waals surface area (Å²) in [6, 6.07) is 12.7. The van der Waals surface area contributed by atoms with E-state index in [1.54, 1.807) is 25.3 Å². The maximum atomic E-state index is 12.6. The van der Waals surface area contributed by atoms with E-state index in [0.717, 1.165) is 17.0 Å². The van der Waals surface area contributed by atoms with Gasteiger partial charge in [-0.3, -0.25) is 9.69 Å². The number of rotatable bonds is 5. The van der Waals surface area contributed by atoms with Crippen molar-refractivity contribution in [3.8, 4) is 5.75 Å². The second-order valence-corrected chi connectivity index (χ2v) is 7.84. The van der Waals surface area contributed by atoms with Gasteiger partial charge in [0.25, 0.3) is 5.91 Å². The van der Waals surface area contributed by atoms with Crippen molar-refractivity contribution >= 4 is 69.2 Å². The fourth-order valence-electron chi connectivity index (χ4n) is 2.26. The summed E-state index contributed by atoms with van der Waals surface area (Å²) in [6.45, 7) is 0.253. The molecule has 4 nitrogen and oxygen atoms in total. The number of methoxy groups -OCH3 is 1. The van der Waals surface area contributed by atoms with Crippen LogP contribution in [0.15, 0.2) is 47.4 Å².